The Morgan fingerprint density at radius 2 is 1.79 bits per heavy atom. The summed E-state index contributed by atoms with van der Waals surface area (Å²) in [6.07, 6.45) is 7.59. The first kappa shape index (κ1) is 18.9. The predicted octanol–water partition coefficient (Wildman–Crippen LogP) is 3.24. The van der Waals surface area contributed by atoms with E-state index in [-0.39, 0.29) is 16.7 Å². The summed E-state index contributed by atoms with van der Waals surface area (Å²) >= 11 is 1.40. The Bertz CT molecular complexity index is 861. The van der Waals surface area contributed by atoms with Crippen LogP contribution in [0.15, 0.2) is 29.4 Å². The maximum Gasteiger partial charge on any atom is 0.233 e. The molecule has 1 N–H and O–H groups in total. The number of methoxy groups -OCH3 is 1. The number of nitrogens with zero attached hydrogens (tertiary/aromatic N) is 4. The van der Waals surface area contributed by atoms with Gasteiger partial charge >= 0.3 is 0 Å². The van der Waals surface area contributed by atoms with Gasteiger partial charge < -0.3 is 10.1 Å². The van der Waals surface area contributed by atoms with Crippen LogP contribution in [0.4, 0.5) is 0 Å². The third kappa shape index (κ3) is 3.63. The molecule has 4 aliphatic rings. The first-order valence-corrected chi connectivity index (χ1v) is 11.3. The van der Waals surface area contributed by atoms with Crippen molar-refractivity contribution in [2.45, 2.75) is 61.4 Å². The molecule has 1 amide bonds. The molecule has 8 heteroatoms. The lowest BCUT2D eigenvalue weighted by Crippen LogP contribution is -2.60. The third-order valence-corrected chi connectivity index (χ3v) is 7.87. The Hall–Kier alpha value is -2.09. The molecule has 4 fully saturated rings. The van der Waals surface area contributed by atoms with Crippen LogP contribution in [0.5, 0.6) is 5.75 Å². The van der Waals surface area contributed by atoms with Crippen LogP contribution < -0.4 is 10.1 Å². The van der Waals surface area contributed by atoms with E-state index in [1.807, 2.05) is 31.2 Å². The maximum atomic E-state index is 13.1. The van der Waals surface area contributed by atoms with E-state index < -0.39 is 0 Å². The van der Waals surface area contributed by atoms with Gasteiger partial charge in [-0.1, -0.05) is 11.8 Å². The van der Waals surface area contributed by atoms with Gasteiger partial charge in [0.25, 0.3) is 0 Å². The van der Waals surface area contributed by atoms with Gasteiger partial charge in [-0.2, -0.15) is 4.68 Å². The van der Waals surface area contributed by atoms with Gasteiger partial charge in [0.2, 0.25) is 11.1 Å². The Kier molecular flexibility index (Phi) is 4.76. The van der Waals surface area contributed by atoms with Gasteiger partial charge in [0, 0.05) is 5.54 Å². The molecule has 1 atom stereocenters. The summed E-state index contributed by atoms with van der Waals surface area (Å²) in [5.74, 6) is 3.31. The summed E-state index contributed by atoms with van der Waals surface area (Å²) in [7, 11) is 1.64. The molecule has 4 aliphatic carbocycles. The number of ether oxygens (including phenoxy) is 1. The number of thioether (sulfide) groups is 1. The lowest BCUT2D eigenvalue weighted by atomic mass is 9.53. The molecule has 0 aliphatic heterocycles. The molecular weight excluding hydrogens is 386 g/mol. The van der Waals surface area contributed by atoms with Gasteiger partial charge in [-0.3, -0.25) is 4.79 Å². The van der Waals surface area contributed by atoms with Crippen molar-refractivity contribution in [1.29, 1.82) is 0 Å². The average Bonchev–Trinajstić information content (AvgIpc) is 3.14. The first-order chi connectivity index (χ1) is 14.0. The zero-order chi connectivity index (χ0) is 20.0. The molecule has 4 bridgehead atoms. The second-order valence-electron chi connectivity index (χ2n) is 9.02. The normalized spacial score (nSPS) is 30.9. The van der Waals surface area contributed by atoms with E-state index in [1.165, 1.54) is 31.0 Å². The molecular formula is C21H27N5O2S. The van der Waals surface area contributed by atoms with E-state index in [1.54, 1.807) is 11.8 Å². The molecule has 7 nitrogen and oxygen atoms in total. The predicted molar refractivity (Wildman–Crippen MR) is 110 cm³/mol. The number of benzene rings is 1. The van der Waals surface area contributed by atoms with Crippen LogP contribution in [0.3, 0.4) is 0 Å². The average molecular weight is 414 g/mol. The molecule has 0 spiro atoms. The van der Waals surface area contributed by atoms with Crippen LogP contribution in [0.1, 0.15) is 45.4 Å². The summed E-state index contributed by atoms with van der Waals surface area (Å²) in [6, 6.07) is 7.54. The van der Waals surface area contributed by atoms with Crippen molar-refractivity contribution in [1.82, 2.24) is 25.5 Å². The largest absolute Gasteiger partial charge is 0.497 e. The highest BCUT2D eigenvalue weighted by atomic mass is 32.2. The van der Waals surface area contributed by atoms with Gasteiger partial charge in [0.15, 0.2) is 0 Å². The Labute approximate surface area is 175 Å². The Morgan fingerprint density at radius 3 is 2.38 bits per heavy atom. The fourth-order valence-electron chi connectivity index (χ4n) is 5.98. The van der Waals surface area contributed by atoms with Crippen molar-refractivity contribution >= 4 is 17.7 Å². The Balaban J connectivity index is 1.27. The number of hydrogen-bond donors (Lipinski definition) is 1. The van der Waals surface area contributed by atoms with E-state index >= 15 is 0 Å². The molecule has 0 saturated heterocycles. The number of hydrogen-bond acceptors (Lipinski definition) is 6. The number of rotatable bonds is 6. The van der Waals surface area contributed by atoms with Crippen LogP contribution in [0, 0.1) is 17.8 Å². The van der Waals surface area contributed by atoms with Crippen molar-refractivity contribution in [2.75, 3.05) is 7.11 Å². The van der Waals surface area contributed by atoms with Gasteiger partial charge in [-0.05, 0) is 97.9 Å². The first-order valence-electron chi connectivity index (χ1n) is 10.4. The minimum Gasteiger partial charge on any atom is -0.497 e. The molecule has 6 rings (SSSR count). The highest BCUT2D eigenvalue weighted by Crippen LogP contribution is 2.55. The van der Waals surface area contributed by atoms with Crippen molar-refractivity contribution in [3.8, 4) is 11.4 Å². The second kappa shape index (κ2) is 7.31. The lowest BCUT2D eigenvalue weighted by molar-refractivity contribution is -0.126. The summed E-state index contributed by atoms with van der Waals surface area (Å²) in [5.41, 5.74) is 0.870. The highest BCUT2D eigenvalue weighted by molar-refractivity contribution is 8.00. The molecule has 2 aromatic rings. The SMILES string of the molecule is COc1ccc(-n2nnnc2S[C@@H](C)C(=O)NC23CC4CC(CC(C4)C2)C3)cc1. The highest BCUT2D eigenvalue weighted by Gasteiger charge is 2.51. The number of amides is 1. The second-order valence-corrected chi connectivity index (χ2v) is 10.3. The monoisotopic (exact) mass is 413 g/mol. The number of carbonyl (C=O) groups is 1. The van der Waals surface area contributed by atoms with Crippen molar-refractivity contribution in [3.63, 3.8) is 0 Å². The number of aromatic nitrogens is 4. The van der Waals surface area contributed by atoms with Gasteiger partial charge in [-0.25, -0.2) is 0 Å². The van der Waals surface area contributed by atoms with E-state index in [0.717, 1.165) is 48.5 Å². The number of tetrazole rings is 1. The van der Waals surface area contributed by atoms with Crippen LogP contribution in [0.2, 0.25) is 0 Å². The van der Waals surface area contributed by atoms with Crippen LogP contribution >= 0.6 is 11.8 Å². The molecule has 154 valence electrons. The summed E-state index contributed by atoms with van der Waals surface area (Å²) in [4.78, 5) is 13.1. The minimum atomic E-state index is -0.258. The molecule has 1 heterocycles. The molecule has 1 aromatic carbocycles. The van der Waals surface area contributed by atoms with Gasteiger partial charge in [0.05, 0.1) is 18.0 Å². The van der Waals surface area contributed by atoms with Crippen molar-refractivity contribution in [3.05, 3.63) is 24.3 Å². The number of carbonyl (C=O) groups excluding carboxylic acids is 1. The lowest BCUT2D eigenvalue weighted by Gasteiger charge is -2.57. The Morgan fingerprint density at radius 1 is 1.17 bits per heavy atom. The van der Waals surface area contributed by atoms with E-state index in [0.29, 0.717) is 5.16 Å². The molecule has 29 heavy (non-hydrogen) atoms. The van der Waals surface area contributed by atoms with Crippen LogP contribution in [0.25, 0.3) is 5.69 Å². The van der Waals surface area contributed by atoms with E-state index in [4.69, 9.17) is 4.74 Å². The molecule has 4 saturated carbocycles. The molecule has 1 aromatic heterocycles. The zero-order valence-corrected chi connectivity index (χ0v) is 17.7. The van der Waals surface area contributed by atoms with E-state index in [2.05, 4.69) is 20.8 Å². The fraction of sp³-hybridized carbons (Fsp3) is 0.619. The topological polar surface area (TPSA) is 81.9 Å². The quantitative estimate of drug-likeness (QED) is 0.732. The summed E-state index contributed by atoms with van der Waals surface area (Å²) in [5, 5.41) is 15.9. The third-order valence-electron chi connectivity index (χ3n) is 6.84. The van der Waals surface area contributed by atoms with E-state index in [9.17, 15) is 4.79 Å². The summed E-state index contributed by atoms with van der Waals surface area (Å²) < 4.78 is 6.87. The van der Waals surface area contributed by atoms with Gasteiger partial charge in [0.1, 0.15) is 5.75 Å². The van der Waals surface area contributed by atoms with Crippen molar-refractivity contribution < 1.29 is 9.53 Å². The van der Waals surface area contributed by atoms with Gasteiger partial charge in [-0.15, -0.1) is 5.10 Å². The molecule has 0 radical (unpaired) electrons. The van der Waals surface area contributed by atoms with Crippen LogP contribution in [-0.2, 0) is 4.79 Å². The summed E-state index contributed by atoms with van der Waals surface area (Å²) in [6.45, 7) is 1.94. The fourth-order valence-corrected chi connectivity index (χ4v) is 6.78. The van der Waals surface area contributed by atoms with Crippen LogP contribution in [-0.4, -0.2) is 44.0 Å². The molecule has 0 unspecified atom stereocenters. The zero-order valence-electron chi connectivity index (χ0n) is 16.9. The maximum absolute atomic E-state index is 13.1. The number of nitrogens with one attached hydrogen (secondary N) is 1. The standard InChI is InChI=1S/C21H27N5O2S/c1-13(19(27)22-21-10-14-7-15(11-21)9-16(8-14)12-21)29-20-23-24-25-26(20)17-3-5-18(28-2)6-4-17/h3-6,13-16H,7-12H2,1-2H3,(H,22,27)/t13-,14?,15?,16?,21?/m0/s1. The minimum absolute atomic E-state index is 0.0303. The van der Waals surface area contributed by atoms with Crippen molar-refractivity contribution in [2.24, 2.45) is 17.8 Å². The smallest absolute Gasteiger partial charge is 0.233 e.